The van der Waals surface area contributed by atoms with Crippen molar-refractivity contribution in [2.24, 2.45) is 5.92 Å². The lowest BCUT2D eigenvalue weighted by molar-refractivity contribution is 0.0513. The van der Waals surface area contributed by atoms with Crippen LogP contribution in [0.5, 0.6) is 0 Å². The first-order chi connectivity index (χ1) is 14.6. The van der Waals surface area contributed by atoms with Crippen molar-refractivity contribution in [1.29, 1.82) is 0 Å². The highest BCUT2D eigenvalue weighted by Crippen LogP contribution is 2.30. The number of hydrogen-bond acceptors (Lipinski definition) is 5. The van der Waals surface area contributed by atoms with Crippen LogP contribution >= 0.6 is 0 Å². The van der Waals surface area contributed by atoms with Gasteiger partial charge in [0.05, 0.1) is 10.9 Å². The second-order valence-electron chi connectivity index (χ2n) is 7.82. The van der Waals surface area contributed by atoms with Gasteiger partial charge in [-0.3, -0.25) is 9.78 Å². The molecule has 2 aliphatic heterocycles. The van der Waals surface area contributed by atoms with Crippen molar-refractivity contribution >= 4 is 15.9 Å². The number of rotatable bonds is 6. The first-order valence-corrected chi connectivity index (χ1v) is 11.9. The summed E-state index contributed by atoms with van der Waals surface area (Å²) in [6.07, 6.45) is 7.01. The lowest BCUT2D eigenvalue weighted by atomic mass is 9.87. The van der Waals surface area contributed by atoms with Gasteiger partial charge in [-0.15, -0.1) is 0 Å². The molecule has 4 rings (SSSR count). The van der Waals surface area contributed by atoms with Crippen molar-refractivity contribution in [2.75, 3.05) is 26.3 Å². The second-order valence-corrected chi connectivity index (χ2v) is 9.76. The predicted octanol–water partition coefficient (Wildman–Crippen LogP) is 2.76. The topological polar surface area (TPSA) is 88.6 Å². The molecule has 1 unspecified atom stereocenters. The van der Waals surface area contributed by atoms with E-state index in [0.29, 0.717) is 31.9 Å². The largest absolute Gasteiger partial charge is 0.381 e. The molecule has 1 N–H and O–H groups in total. The molecule has 2 aliphatic rings. The molecule has 30 heavy (non-hydrogen) atoms. The molecule has 0 aliphatic carbocycles. The molecular formula is C22H27N3O4S. The van der Waals surface area contributed by atoms with Crippen LogP contribution in [-0.2, 0) is 14.8 Å². The van der Waals surface area contributed by atoms with Crippen molar-refractivity contribution in [1.82, 2.24) is 14.6 Å². The first-order valence-electron chi connectivity index (χ1n) is 10.4. The number of carbonyl (C=O) groups is 1. The molecule has 3 heterocycles. The van der Waals surface area contributed by atoms with Gasteiger partial charge in [-0.1, -0.05) is 6.07 Å². The maximum absolute atomic E-state index is 13.0. The van der Waals surface area contributed by atoms with E-state index in [0.717, 1.165) is 31.2 Å². The van der Waals surface area contributed by atoms with E-state index >= 15 is 0 Å². The fraction of sp³-hybridized carbons (Fsp3) is 0.455. The van der Waals surface area contributed by atoms with Crippen LogP contribution in [0, 0.1) is 5.92 Å². The summed E-state index contributed by atoms with van der Waals surface area (Å²) in [7, 11) is -3.48. The van der Waals surface area contributed by atoms with E-state index in [-0.39, 0.29) is 22.8 Å². The number of aromatic nitrogens is 1. The van der Waals surface area contributed by atoms with E-state index in [9.17, 15) is 13.2 Å². The van der Waals surface area contributed by atoms with Gasteiger partial charge in [0.25, 0.3) is 5.91 Å². The molecule has 0 saturated carbocycles. The summed E-state index contributed by atoms with van der Waals surface area (Å²) in [6, 6.07) is 9.89. The number of pyridine rings is 1. The number of amides is 1. The van der Waals surface area contributed by atoms with Gasteiger partial charge in [0.15, 0.2) is 0 Å². The van der Waals surface area contributed by atoms with Crippen LogP contribution in [0.15, 0.2) is 53.7 Å². The summed E-state index contributed by atoms with van der Waals surface area (Å²) in [6.45, 7) is 2.48. The smallest absolute Gasteiger partial charge is 0.251 e. The van der Waals surface area contributed by atoms with Gasteiger partial charge in [0.2, 0.25) is 10.0 Å². The summed E-state index contributed by atoms with van der Waals surface area (Å²) in [5, 5.41) is 3.14. The van der Waals surface area contributed by atoms with Crippen LogP contribution < -0.4 is 5.32 Å². The number of nitrogens with zero attached hydrogens (tertiary/aromatic N) is 2. The quantitative estimate of drug-likeness (QED) is 0.763. The van der Waals surface area contributed by atoms with Crippen LogP contribution in [-0.4, -0.2) is 49.9 Å². The summed E-state index contributed by atoms with van der Waals surface area (Å²) < 4.78 is 32.4. The molecule has 0 bridgehead atoms. The molecule has 2 aromatic rings. The fourth-order valence-corrected chi connectivity index (χ4v) is 5.68. The fourth-order valence-electron chi connectivity index (χ4n) is 4.16. The third kappa shape index (κ3) is 4.55. The zero-order valence-corrected chi connectivity index (χ0v) is 17.7. The summed E-state index contributed by atoms with van der Waals surface area (Å²) >= 11 is 0. The highest BCUT2D eigenvalue weighted by molar-refractivity contribution is 7.89. The summed E-state index contributed by atoms with van der Waals surface area (Å²) in [5.41, 5.74) is 1.40. The summed E-state index contributed by atoms with van der Waals surface area (Å²) in [5.74, 6) is 0.0437. The van der Waals surface area contributed by atoms with Crippen LogP contribution in [0.4, 0.5) is 0 Å². The lowest BCUT2D eigenvalue weighted by Gasteiger charge is -2.31. The standard InChI is InChI=1S/C22H27N3O4S/c26-22(18-5-7-20(8-6-18)30(27,28)25-12-1-2-13-25)24-21(17-9-14-29-15-10-17)19-4-3-11-23-16-19/h3-8,11,16-17,21H,1-2,9-10,12-15H2,(H,24,26). The molecule has 160 valence electrons. The molecule has 2 saturated heterocycles. The van der Waals surface area contributed by atoms with Crippen molar-refractivity contribution in [3.05, 3.63) is 59.9 Å². The Hall–Kier alpha value is -2.29. The molecule has 0 spiro atoms. The van der Waals surface area contributed by atoms with E-state index in [1.807, 2.05) is 12.1 Å². The average molecular weight is 430 g/mol. The predicted molar refractivity (Wildman–Crippen MR) is 112 cm³/mol. The minimum absolute atomic E-state index is 0.164. The second kappa shape index (κ2) is 9.24. The number of nitrogens with one attached hydrogen (secondary N) is 1. The van der Waals surface area contributed by atoms with Gasteiger partial charge in [0, 0.05) is 44.3 Å². The highest BCUT2D eigenvalue weighted by atomic mass is 32.2. The Labute approximate surface area is 177 Å². The molecule has 2 fully saturated rings. The van der Waals surface area contributed by atoms with Gasteiger partial charge in [0.1, 0.15) is 0 Å². The molecule has 1 atom stereocenters. The minimum Gasteiger partial charge on any atom is -0.381 e. The van der Waals surface area contributed by atoms with E-state index < -0.39 is 10.0 Å². The van der Waals surface area contributed by atoms with Gasteiger partial charge >= 0.3 is 0 Å². The Morgan fingerprint density at radius 2 is 1.80 bits per heavy atom. The van der Waals surface area contributed by atoms with Crippen LogP contribution in [0.3, 0.4) is 0 Å². The van der Waals surface area contributed by atoms with Crippen molar-refractivity contribution < 1.29 is 17.9 Å². The maximum Gasteiger partial charge on any atom is 0.251 e. The van der Waals surface area contributed by atoms with Gasteiger partial charge in [-0.2, -0.15) is 4.31 Å². The number of sulfonamides is 1. The van der Waals surface area contributed by atoms with E-state index in [2.05, 4.69) is 10.3 Å². The first kappa shape index (κ1) is 21.0. The van der Waals surface area contributed by atoms with Crippen molar-refractivity contribution in [3.63, 3.8) is 0 Å². The maximum atomic E-state index is 13.0. The van der Waals surface area contributed by atoms with E-state index in [1.165, 1.54) is 16.4 Å². The molecule has 1 aromatic carbocycles. The number of hydrogen-bond donors (Lipinski definition) is 1. The molecular weight excluding hydrogens is 402 g/mol. The van der Waals surface area contributed by atoms with Crippen LogP contribution in [0.25, 0.3) is 0 Å². The Morgan fingerprint density at radius 1 is 1.10 bits per heavy atom. The number of carbonyl (C=O) groups excluding carboxylic acids is 1. The molecule has 8 heteroatoms. The Balaban J connectivity index is 1.51. The van der Waals surface area contributed by atoms with E-state index in [1.54, 1.807) is 24.5 Å². The molecule has 0 radical (unpaired) electrons. The minimum atomic E-state index is -3.48. The van der Waals surface area contributed by atoms with Crippen LogP contribution in [0.2, 0.25) is 0 Å². The highest BCUT2D eigenvalue weighted by Gasteiger charge is 2.29. The third-order valence-electron chi connectivity index (χ3n) is 5.89. The Bertz CT molecular complexity index is 952. The Kier molecular flexibility index (Phi) is 6.46. The monoisotopic (exact) mass is 429 g/mol. The summed E-state index contributed by atoms with van der Waals surface area (Å²) in [4.78, 5) is 17.4. The zero-order chi connectivity index (χ0) is 21.0. The van der Waals surface area contributed by atoms with Gasteiger partial charge < -0.3 is 10.1 Å². The van der Waals surface area contributed by atoms with E-state index in [4.69, 9.17) is 4.74 Å². The van der Waals surface area contributed by atoms with Crippen molar-refractivity contribution in [2.45, 2.75) is 36.6 Å². The number of benzene rings is 1. The molecule has 1 amide bonds. The Morgan fingerprint density at radius 3 is 2.43 bits per heavy atom. The van der Waals surface area contributed by atoms with Gasteiger partial charge in [-0.05, 0) is 67.5 Å². The molecule has 1 aromatic heterocycles. The zero-order valence-electron chi connectivity index (χ0n) is 16.9. The van der Waals surface area contributed by atoms with Crippen LogP contribution in [0.1, 0.15) is 47.6 Å². The number of ether oxygens (including phenoxy) is 1. The SMILES string of the molecule is O=C(NC(c1cccnc1)C1CCOCC1)c1ccc(S(=O)(=O)N2CCCC2)cc1. The van der Waals surface area contributed by atoms with Gasteiger partial charge in [-0.25, -0.2) is 8.42 Å². The molecule has 7 nitrogen and oxygen atoms in total. The third-order valence-corrected chi connectivity index (χ3v) is 7.80. The average Bonchev–Trinajstić information content (AvgIpc) is 3.35. The van der Waals surface area contributed by atoms with Crippen molar-refractivity contribution in [3.8, 4) is 0 Å². The lowest BCUT2D eigenvalue weighted by Crippen LogP contribution is -2.36. The normalized spacial score (nSPS) is 19.5.